The number of halogens is 7. The van der Waals surface area contributed by atoms with Crippen LogP contribution in [0.25, 0.3) is 0 Å². The number of nitrogens with two attached hydrogens (primary N) is 1. The molecule has 3 atom stereocenters. The summed E-state index contributed by atoms with van der Waals surface area (Å²) in [5, 5.41) is 4.98. The predicted octanol–water partition coefficient (Wildman–Crippen LogP) is 4.38. The fourth-order valence-corrected chi connectivity index (χ4v) is 4.34. The number of methoxy groups -OCH3 is 1. The monoisotopic (exact) mass is 607 g/mol. The molecule has 0 bridgehead atoms. The number of para-hydroxylation sites is 1. The van der Waals surface area contributed by atoms with Gasteiger partial charge in [-0.2, -0.15) is 26.3 Å². The molecule has 9 nitrogen and oxygen atoms in total. The number of carbonyl (C=O) groups is 3. The summed E-state index contributed by atoms with van der Waals surface area (Å²) in [4.78, 5) is 46.9. The molecule has 0 radical (unpaired) electrons. The van der Waals surface area contributed by atoms with E-state index in [-0.39, 0.29) is 27.9 Å². The number of nitrogens with zero attached hydrogens (tertiary/aromatic N) is 2. The number of nitrogens with one attached hydrogen (secondary N) is 2. The van der Waals surface area contributed by atoms with E-state index < -0.39 is 73.8 Å². The second-order valence-corrected chi connectivity index (χ2v) is 9.48. The molecule has 4 N–H and O–H groups in total. The van der Waals surface area contributed by atoms with Crippen molar-refractivity contribution in [1.29, 1.82) is 0 Å². The van der Waals surface area contributed by atoms with Gasteiger partial charge in [0.05, 0.1) is 29.2 Å². The lowest BCUT2D eigenvalue weighted by Gasteiger charge is -2.26. The molecule has 1 aliphatic heterocycles. The lowest BCUT2D eigenvalue weighted by atomic mass is 9.83. The third kappa shape index (κ3) is 8.55. The Balaban J connectivity index is 2.03. The molecule has 0 aliphatic carbocycles. The van der Waals surface area contributed by atoms with Crippen LogP contribution in [-0.4, -0.2) is 54.0 Å². The van der Waals surface area contributed by atoms with Gasteiger partial charge in [0, 0.05) is 36.4 Å². The highest BCUT2D eigenvalue weighted by atomic mass is 35.5. The zero-order valence-corrected chi connectivity index (χ0v) is 22.0. The van der Waals surface area contributed by atoms with Crippen molar-refractivity contribution >= 4 is 40.7 Å². The third-order valence-electron chi connectivity index (χ3n) is 6.17. The maximum absolute atomic E-state index is 13.3. The second-order valence-electron chi connectivity index (χ2n) is 9.05. The van der Waals surface area contributed by atoms with Crippen molar-refractivity contribution in [1.82, 2.24) is 10.3 Å². The summed E-state index contributed by atoms with van der Waals surface area (Å²) in [6.07, 6.45) is -15.3. The number of amides is 3. The van der Waals surface area contributed by atoms with Crippen molar-refractivity contribution in [3.8, 4) is 5.75 Å². The van der Waals surface area contributed by atoms with E-state index in [2.05, 4.69) is 20.6 Å². The summed E-state index contributed by atoms with van der Waals surface area (Å²) in [6.45, 7) is 0. The quantitative estimate of drug-likeness (QED) is 0.345. The zero-order valence-electron chi connectivity index (χ0n) is 21.3. The number of pyridine rings is 1. The van der Waals surface area contributed by atoms with Crippen LogP contribution in [0.2, 0.25) is 5.02 Å². The predicted molar refractivity (Wildman–Crippen MR) is 135 cm³/mol. The van der Waals surface area contributed by atoms with Gasteiger partial charge in [-0.1, -0.05) is 23.7 Å². The molecular weight excluding hydrogens is 584 g/mol. The molecule has 1 aromatic heterocycles. The Morgan fingerprint density at radius 1 is 1.07 bits per heavy atom. The van der Waals surface area contributed by atoms with Gasteiger partial charge in [0.15, 0.2) is 0 Å². The first kappa shape index (κ1) is 31.6. The van der Waals surface area contributed by atoms with Crippen LogP contribution in [0.15, 0.2) is 41.5 Å². The number of benzene rings is 1. The van der Waals surface area contributed by atoms with Gasteiger partial charge in [0.2, 0.25) is 18.0 Å². The maximum Gasteiger partial charge on any atom is 0.389 e. The molecule has 0 saturated carbocycles. The number of carbonyl (C=O) groups excluding carboxylic acids is 3. The molecule has 16 heteroatoms. The van der Waals surface area contributed by atoms with Crippen LogP contribution < -0.4 is 21.1 Å². The minimum absolute atomic E-state index is 0.0505. The highest BCUT2D eigenvalue weighted by molar-refractivity contribution is 6.30. The molecule has 2 aromatic rings. The van der Waals surface area contributed by atoms with Crippen molar-refractivity contribution in [2.45, 2.75) is 44.2 Å². The summed E-state index contributed by atoms with van der Waals surface area (Å²) >= 11 is 5.92. The Kier molecular flexibility index (Phi) is 9.84. The Morgan fingerprint density at radius 3 is 2.24 bits per heavy atom. The van der Waals surface area contributed by atoms with Crippen molar-refractivity contribution in [2.75, 3.05) is 12.4 Å². The van der Waals surface area contributed by atoms with Gasteiger partial charge in [0.1, 0.15) is 5.75 Å². The lowest BCUT2D eigenvalue weighted by molar-refractivity contribution is -0.152. The van der Waals surface area contributed by atoms with E-state index >= 15 is 0 Å². The van der Waals surface area contributed by atoms with Crippen molar-refractivity contribution in [2.24, 2.45) is 22.6 Å². The molecule has 41 heavy (non-hydrogen) atoms. The van der Waals surface area contributed by atoms with E-state index in [4.69, 9.17) is 22.1 Å². The molecule has 0 fully saturated rings. The number of rotatable bonds is 10. The Hall–Kier alpha value is -3.88. The van der Waals surface area contributed by atoms with Gasteiger partial charge in [-0.3, -0.25) is 19.4 Å². The van der Waals surface area contributed by atoms with Gasteiger partial charge in [-0.15, -0.1) is 0 Å². The van der Waals surface area contributed by atoms with Crippen molar-refractivity contribution in [3.05, 3.63) is 52.8 Å². The zero-order chi connectivity index (χ0) is 30.5. The number of ether oxygens (including phenoxy) is 1. The molecule has 1 aromatic carbocycles. The fourth-order valence-electron chi connectivity index (χ4n) is 4.23. The Bertz CT molecular complexity index is 1320. The average Bonchev–Trinajstić information content (AvgIpc) is 3.01. The standard InChI is InChI=1S/C25H24ClF6N5O4/c1-41-17-4-2-3-15-18(16-6-5-12(26)11-34-16)35-21(23(40)36-19(15)17)37-22(39)14(8-10-25(30,31)32)13(20(33)38)7-9-24(27,28)29/h2-6,11,13-14,21H,7-10H2,1H3,(H2,33,38)(H,36,40)(H,37,39)/t13?,14?,21-/m1/s1. The molecule has 2 unspecified atom stereocenters. The summed E-state index contributed by atoms with van der Waals surface area (Å²) in [7, 11) is 1.33. The Labute approximate surface area is 234 Å². The maximum atomic E-state index is 13.3. The van der Waals surface area contributed by atoms with Crippen LogP contribution in [0.4, 0.5) is 32.0 Å². The average molecular weight is 608 g/mol. The van der Waals surface area contributed by atoms with Crippen LogP contribution in [0.5, 0.6) is 5.75 Å². The van der Waals surface area contributed by atoms with E-state index in [0.717, 1.165) is 0 Å². The van der Waals surface area contributed by atoms with Gasteiger partial charge < -0.3 is 21.1 Å². The van der Waals surface area contributed by atoms with Crippen LogP contribution in [0, 0.1) is 11.8 Å². The minimum atomic E-state index is -4.80. The van der Waals surface area contributed by atoms with Crippen molar-refractivity contribution < 1.29 is 45.5 Å². The SMILES string of the molecule is COc1cccc2c1NC(=O)[C@@H](NC(=O)C(CCC(F)(F)F)C(CCC(F)(F)F)C(N)=O)N=C2c1ccc(Cl)cn1. The summed E-state index contributed by atoms with van der Waals surface area (Å²) < 4.78 is 83.1. The number of aromatic nitrogens is 1. The molecule has 0 saturated heterocycles. The topological polar surface area (TPSA) is 136 Å². The smallest absolute Gasteiger partial charge is 0.389 e. The summed E-state index contributed by atoms with van der Waals surface area (Å²) in [5.41, 5.74) is 5.90. The molecule has 3 amide bonds. The molecule has 0 spiro atoms. The van der Waals surface area contributed by atoms with Gasteiger partial charge in [0.25, 0.3) is 5.91 Å². The number of primary amides is 1. The molecule has 3 rings (SSSR count). The number of fused-ring (bicyclic) bond motifs is 1. The minimum Gasteiger partial charge on any atom is -0.495 e. The highest BCUT2D eigenvalue weighted by Crippen LogP contribution is 2.34. The van der Waals surface area contributed by atoms with Gasteiger partial charge in [-0.05, 0) is 31.0 Å². The van der Waals surface area contributed by atoms with Gasteiger partial charge >= 0.3 is 12.4 Å². The molecule has 1 aliphatic rings. The van der Waals surface area contributed by atoms with E-state index in [1.807, 2.05) is 0 Å². The fraction of sp³-hybridized carbons (Fsp3) is 0.400. The molecule has 222 valence electrons. The first-order valence-electron chi connectivity index (χ1n) is 12.0. The summed E-state index contributed by atoms with van der Waals surface area (Å²) in [6, 6.07) is 7.61. The van der Waals surface area contributed by atoms with E-state index in [1.54, 1.807) is 12.1 Å². The number of anilines is 1. The van der Waals surface area contributed by atoms with Crippen LogP contribution >= 0.6 is 11.6 Å². The van der Waals surface area contributed by atoms with Crippen LogP contribution in [0.3, 0.4) is 0 Å². The highest BCUT2D eigenvalue weighted by Gasteiger charge is 2.40. The normalized spacial score (nSPS) is 16.9. The first-order valence-corrected chi connectivity index (χ1v) is 12.4. The van der Waals surface area contributed by atoms with Crippen molar-refractivity contribution in [3.63, 3.8) is 0 Å². The largest absolute Gasteiger partial charge is 0.495 e. The lowest BCUT2D eigenvalue weighted by Crippen LogP contribution is -2.48. The van der Waals surface area contributed by atoms with Crippen LogP contribution in [0.1, 0.15) is 36.9 Å². The second kappa shape index (κ2) is 12.7. The van der Waals surface area contributed by atoms with Gasteiger partial charge in [-0.25, -0.2) is 4.99 Å². The van der Waals surface area contributed by atoms with E-state index in [0.29, 0.717) is 5.56 Å². The number of alkyl halides is 6. The summed E-state index contributed by atoms with van der Waals surface area (Å²) in [5.74, 6) is -7.32. The molecule has 2 heterocycles. The number of benzodiazepines with no additional fused rings is 1. The first-order chi connectivity index (χ1) is 19.1. The van der Waals surface area contributed by atoms with E-state index in [1.165, 1.54) is 31.5 Å². The Morgan fingerprint density at radius 2 is 1.71 bits per heavy atom. The third-order valence-corrected chi connectivity index (χ3v) is 6.39. The number of aliphatic imine (C=N–C) groups is 1. The van der Waals surface area contributed by atoms with Crippen LogP contribution in [-0.2, 0) is 14.4 Å². The molecular formula is C25H24ClF6N5O4. The van der Waals surface area contributed by atoms with E-state index in [9.17, 15) is 40.7 Å². The number of hydrogen-bond donors (Lipinski definition) is 3. The number of hydrogen-bond acceptors (Lipinski definition) is 6.